The van der Waals surface area contributed by atoms with Gasteiger partial charge in [-0.25, -0.2) is 0 Å². The number of likely N-dealkylation sites (tertiary alicyclic amines) is 1. The van der Waals surface area contributed by atoms with Crippen LogP contribution in [0.4, 0.5) is 0 Å². The van der Waals surface area contributed by atoms with Crippen molar-refractivity contribution in [1.29, 1.82) is 0 Å². The first-order valence-corrected chi connectivity index (χ1v) is 7.87. The Balaban J connectivity index is 1.63. The van der Waals surface area contributed by atoms with Crippen LogP contribution in [-0.2, 0) is 22.7 Å². The van der Waals surface area contributed by atoms with Gasteiger partial charge in [0.05, 0.1) is 12.8 Å². The maximum absolute atomic E-state index is 12.6. The fourth-order valence-corrected chi connectivity index (χ4v) is 2.84. The van der Waals surface area contributed by atoms with Crippen LogP contribution in [0.25, 0.3) is 0 Å². The zero-order chi connectivity index (χ0) is 16.9. The Labute approximate surface area is 139 Å². The summed E-state index contributed by atoms with van der Waals surface area (Å²) in [6, 6.07) is 6.40. The molecule has 7 nitrogen and oxygen atoms in total. The number of ether oxygens (including phenoxy) is 1. The standard InChI is InChI=1S/C17H20N2O5/c1-22-11-13-6-7-15(24-13)17(21)19-8-2-5-14(19)16(20)18-10-12-4-3-9-23-12/h3-4,6-7,9,14H,2,5,8,10-11H2,1H3,(H,18,20). The topological polar surface area (TPSA) is 84.9 Å². The molecule has 0 aromatic carbocycles. The van der Waals surface area contributed by atoms with Gasteiger partial charge in [0, 0.05) is 13.7 Å². The molecule has 2 amide bonds. The molecular weight excluding hydrogens is 312 g/mol. The summed E-state index contributed by atoms with van der Waals surface area (Å²) in [6.45, 7) is 1.15. The van der Waals surface area contributed by atoms with Crippen molar-refractivity contribution >= 4 is 11.8 Å². The highest BCUT2D eigenvalue weighted by Gasteiger charge is 2.35. The van der Waals surface area contributed by atoms with Crippen molar-refractivity contribution in [1.82, 2.24) is 10.2 Å². The number of hydrogen-bond acceptors (Lipinski definition) is 5. The Morgan fingerprint density at radius 1 is 1.33 bits per heavy atom. The number of nitrogens with one attached hydrogen (secondary N) is 1. The van der Waals surface area contributed by atoms with E-state index in [1.54, 1.807) is 42.5 Å². The second-order valence-corrected chi connectivity index (χ2v) is 5.65. The summed E-state index contributed by atoms with van der Waals surface area (Å²) < 4.78 is 15.7. The van der Waals surface area contributed by atoms with Crippen molar-refractivity contribution in [2.45, 2.75) is 32.0 Å². The van der Waals surface area contributed by atoms with E-state index < -0.39 is 6.04 Å². The molecule has 3 heterocycles. The van der Waals surface area contributed by atoms with Gasteiger partial charge in [-0.15, -0.1) is 0 Å². The molecule has 0 aliphatic carbocycles. The first-order valence-electron chi connectivity index (χ1n) is 7.87. The summed E-state index contributed by atoms with van der Waals surface area (Å²) in [6.07, 6.45) is 2.99. The summed E-state index contributed by atoms with van der Waals surface area (Å²) in [5.41, 5.74) is 0. The average Bonchev–Trinajstić information content (AvgIpc) is 3.32. The monoisotopic (exact) mass is 332 g/mol. The number of amides is 2. The van der Waals surface area contributed by atoms with Gasteiger partial charge >= 0.3 is 0 Å². The van der Waals surface area contributed by atoms with Gasteiger partial charge in [-0.05, 0) is 37.1 Å². The maximum Gasteiger partial charge on any atom is 0.290 e. The number of furan rings is 2. The highest BCUT2D eigenvalue weighted by molar-refractivity contribution is 5.96. The van der Waals surface area contributed by atoms with Gasteiger partial charge in [0.1, 0.15) is 24.2 Å². The highest BCUT2D eigenvalue weighted by Crippen LogP contribution is 2.21. The van der Waals surface area contributed by atoms with Gasteiger partial charge in [-0.3, -0.25) is 9.59 Å². The number of carbonyl (C=O) groups is 2. The Bertz CT molecular complexity index is 692. The molecule has 3 rings (SSSR count). The van der Waals surface area contributed by atoms with Gasteiger partial charge < -0.3 is 23.8 Å². The van der Waals surface area contributed by atoms with Gasteiger partial charge in [0.25, 0.3) is 5.91 Å². The van der Waals surface area contributed by atoms with E-state index in [2.05, 4.69) is 5.32 Å². The molecule has 1 aliphatic heterocycles. The third kappa shape index (κ3) is 3.51. The zero-order valence-electron chi connectivity index (χ0n) is 13.5. The lowest BCUT2D eigenvalue weighted by atomic mass is 10.2. The molecule has 1 N–H and O–H groups in total. The minimum atomic E-state index is -0.483. The predicted molar refractivity (Wildman–Crippen MR) is 84.0 cm³/mol. The van der Waals surface area contributed by atoms with E-state index in [0.29, 0.717) is 37.6 Å². The van der Waals surface area contributed by atoms with Crippen LogP contribution >= 0.6 is 0 Å². The lowest BCUT2D eigenvalue weighted by molar-refractivity contribution is -0.125. The van der Waals surface area contributed by atoms with Crippen LogP contribution in [0.2, 0.25) is 0 Å². The molecule has 0 spiro atoms. The number of rotatable bonds is 6. The number of methoxy groups -OCH3 is 1. The Hall–Kier alpha value is -2.54. The van der Waals surface area contributed by atoms with E-state index in [1.807, 2.05) is 0 Å². The molecule has 1 unspecified atom stereocenters. The molecule has 1 atom stereocenters. The summed E-state index contributed by atoms with van der Waals surface area (Å²) >= 11 is 0. The molecule has 7 heteroatoms. The maximum atomic E-state index is 12.6. The second-order valence-electron chi connectivity index (χ2n) is 5.65. The van der Waals surface area contributed by atoms with Crippen molar-refractivity contribution in [2.24, 2.45) is 0 Å². The summed E-state index contributed by atoms with van der Waals surface area (Å²) in [7, 11) is 1.56. The van der Waals surface area contributed by atoms with Crippen LogP contribution in [0, 0.1) is 0 Å². The number of carbonyl (C=O) groups excluding carboxylic acids is 2. The fourth-order valence-electron chi connectivity index (χ4n) is 2.84. The van der Waals surface area contributed by atoms with Crippen LogP contribution in [0.3, 0.4) is 0 Å². The number of nitrogens with zero attached hydrogens (tertiary/aromatic N) is 1. The molecule has 128 valence electrons. The smallest absolute Gasteiger partial charge is 0.290 e. The molecular formula is C17H20N2O5. The summed E-state index contributed by atoms with van der Waals surface area (Å²) in [5, 5.41) is 2.81. The van der Waals surface area contributed by atoms with Gasteiger partial charge in [0.15, 0.2) is 5.76 Å². The van der Waals surface area contributed by atoms with E-state index in [9.17, 15) is 9.59 Å². The largest absolute Gasteiger partial charge is 0.467 e. The quantitative estimate of drug-likeness (QED) is 0.874. The van der Waals surface area contributed by atoms with Crippen molar-refractivity contribution < 1.29 is 23.2 Å². The van der Waals surface area contributed by atoms with Crippen LogP contribution in [0.5, 0.6) is 0 Å². The fraction of sp³-hybridized carbons (Fsp3) is 0.412. The van der Waals surface area contributed by atoms with E-state index in [4.69, 9.17) is 13.6 Å². The highest BCUT2D eigenvalue weighted by atomic mass is 16.5. The zero-order valence-corrected chi connectivity index (χ0v) is 13.5. The third-order valence-electron chi connectivity index (χ3n) is 3.99. The van der Waals surface area contributed by atoms with Crippen LogP contribution in [0.15, 0.2) is 39.4 Å². The predicted octanol–water partition coefficient (Wildman–Crippen LogP) is 1.94. The molecule has 24 heavy (non-hydrogen) atoms. The van der Waals surface area contributed by atoms with E-state index >= 15 is 0 Å². The molecule has 0 bridgehead atoms. The van der Waals surface area contributed by atoms with Crippen LogP contribution in [0.1, 0.15) is 34.9 Å². The molecule has 0 radical (unpaired) electrons. The average molecular weight is 332 g/mol. The Morgan fingerprint density at radius 2 is 2.21 bits per heavy atom. The van der Waals surface area contributed by atoms with Gasteiger partial charge in [-0.1, -0.05) is 0 Å². The molecule has 2 aromatic rings. The van der Waals surface area contributed by atoms with Crippen molar-refractivity contribution in [3.05, 3.63) is 47.8 Å². The minimum Gasteiger partial charge on any atom is -0.467 e. The first kappa shape index (κ1) is 16.3. The normalized spacial score (nSPS) is 17.2. The molecule has 1 aliphatic rings. The second kappa shape index (κ2) is 7.35. The lowest BCUT2D eigenvalue weighted by Crippen LogP contribution is -2.45. The van der Waals surface area contributed by atoms with Gasteiger partial charge in [-0.2, -0.15) is 0 Å². The van der Waals surface area contributed by atoms with Crippen molar-refractivity contribution in [3.63, 3.8) is 0 Å². The molecule has 2 aromatic heterocycles. The summed E-state index contributed by atoms with van der Waals surface area (Å²) in [5.74, 6) is 1.04. The SMILES string of the molecule is COCc1ccc(C(=O)N2CCCC2C(=O)NCc2ccco2)o1. The van der Waals surface area contributed by atoms with E-state index in [-0.39, 0.29) is 17.6 Å². The van der Waals surface area contributed by atoms with E-state index in [0.717, 1.165) is 6.42 Å². The number of hydrogen-bond donors (Lipinski definition) is 1. The molecule has 1 fully saturated rings. The Morgan fingerprint density at radius 3 is 2.96 bits per heavy atom. The van der Waals surface area contributed by atoms with E-state index in [1.165, 1.54) is 0 Å². The van der Waals surface area contributed by atoms with Crippen LogP contribution < -0.4 is 5.32 Å². The lowest BCUT2D eigenvalue weighted by Gasteiger charge is -2.22. The molecule has 1 saturated heterocycles. The van der Waals surface area contributed by atoms with Crippen LogP contribution in [-0.4, -0.2) is 36.4 Å². The van der Waals surface area contributed by atoms with Crippen molar-refractivity contribution in [2.75, 3.05) is 13.7 Å². The Kier molecular flexibility index (Phi) is 5.00. The first-order chi connectivity index (χ1) is 11.7. The van der Waals surface area contributed by atoms with Crippen molar-refractivity contribution in [3.8, 4) is 0 Å². The van der Waals surface area contributed by atoms with Gasteiger partial charge in [0.2, 0.25) is 5.91 Å². The third-order valence-corrected chi connectivity index (χ3v) is 3.99. The minimum absolute atomic E-state index is 0.180. The molecule has 0 saturated carbocycles. The summed E-state index contributed by atoms with van der Waals surface area (Å²) in [4.78, 5) is 26.6.